The van der Waals surface area contributed by atoms with Crippen molar-refractivity contribution < 1.29 is 0 Å². The molecule has 25 heavy (non-hydrogen) atoms. The van der Waals surface area contributed by atoms with Crippen LogP contribution in [0.2, 0.25) is 0 Å². The molecular formula is C20H23N5. The SMILES string of the molecule is C=C(Nc1cccc(CC)c1)c1ncc(-c2cnn(C)c2)n1/C=C\C. The predicted octanol–water partition coefficient (Wildman–Crippen LogP) is 4.42. The summed E-state index contributed by atoms with van der Waals surface area (Å²) in [7, 11) is 1.90. The van der Waals surface area contributed by atoms with Crippen molar-refractivity contribution in [3.8, 4) is 11.3 Å². The maximum absolute atomic E-state index is 4.57. The summed E-state index contributed by atoms with van der Waals surface area (Å²) >= 11 is 0. The lowest BCUT2D eigenvalue weighted by molar-refractivity contribution is 0.768. The lowest BCUT2D eigenvalue weighted by Crippen LogP contribution is -2.04. The Morgan fingerprint density at radius 1 is 1.32 bits per heavy atom. The van der Waals surface area contributed by atoms with E-state index in [2.05, 4.69) is 41.0 Å². The topological polar surface area (TPSA) is 47.7 Å². The van der Waals surface area contributed by atoms with E-state index in [1.165, 1.54) is 5.56 Å². The fourth-order valence-corrected chi connectivity index (χ4v) is 2.75. The summed E-state index contributed by atoms with van der Waals surface area (Å²) in [6.45, 7) is 8.31. The minimum absolute atomic E-state index is 0.751. The minimum Gasteiger partial charge on any atom is -0.353 e. The van der Waals surface area contributed by atoms with Gasteiger partial charge in [-0.05, 0) is 31.0 Å². The van der Waals surface area contributed by atoms with Crippen molar-refractivity contribution in [2.45, 2.75) is 20.3 Å². The number of anilines is 1. The quantitative estimate of drug-likeness (QED) is 0.726. The van der Waals surface area contributed by atoms with Crippen LogP contribution in [0.4, 0.5) is 5.69 Å². The Morgan fingerprint density at radius 3 is 2.84 bits per heavy atom. The van der Waals surface area contributed by atoms with Crippen LogP contribution in [0.1, 0.15) is 25.2 Å². The summed E-state index contributed by atoms with van der Waals surface area (Å²) in [5.41, 5.74) is 5.04. The van der Waals surface area contributed by atoms with E-state index in [0.29, 0.717) is 0 Å². The number of aromatic nitrogens is 4. The van der Waals surface area contributed by atoms with Crippen LogP contribution in [0, 0.1) is 0 Å². The van der Waals surface area contributed by atoms with E-state index >= 15 is 0 Å². The number of rotatable bonds is 6. The summed E-state index contributed by atoms with van der Waals surface area (Å²) in [5, 5.41) is 7.62. The molecule has 0 fully saturated rings. The third-order valence-corrected chi connectivity index (χ3v) is 4.00. The minimum atomic E-state index is 0.751. The van der Waals surface area contributed by atoms with E-state index in [0.717, 1.165) is 34.9 Å². The first-order chi connectivity index (χ1) is 12.1. The molecule has 128 valence electrons. The normalized spacial score (nSPS) is 11.2. The van der Waals surface area contributed by atoms with Gasteiger partial charge in [0.1, 0.15) is 0 Å². The van der Waals surface area contributed by atoms with Crippen molar-refractivity contribution in [3.63, 3.8) is 0 Å². The molecule has 2 aromatic heterocycles. The molecule has 3 aromatic rings. The molecule has 2 heterocycles. The zero-order valence-corrected chi connectivity index (χ0v) is 14.9. The van der Waals surface area contributed by atoms with Gasteiger partial charge in [0.2, 0.25) is 0 Å². The maximum Gasteiger partial charge on any atom is 0.160 e. The highest BCUT2D eigenvalue weighted by atomic mass is 15.2. The zero-order valence-electron chi connectivity index (χ0n) is 14.9. The standard InChI is InChI=1S/C20H23N5/c1-5-10-25-19(17-12-22-24(4)14-17)13-21-20(25)15(3)23-18-9-7-8-16(6-2)11-18/h5,7-14,23H,3,6H2,1-2,4H3/b10-5-. The number of allylic oxidation sites excluding steroid dienone is 1. The van der Waals surface area contributed by atoms with Crippen LogP contribution in [0.3, 0.4) is 0 Å². The van der Waals surface area contributed by atoms with Gasteiger partial charge in [0.15, 0.2) is 5.82 Å². The summed E-state index contributed by atoms with van der Waals surface area (Å²) in [4.78, 5) is 4.57. The summed E-state index contributed by atoms with van der Waals surface area (Å²) in [6, 6.07) is 8.34. The second kappa shape index (κ2) is 7.21. The highest BCUT2D eigenvalue weighted by molar-refractivity contribution is 5.75. The molecular weight excluding hydrogens is 310 g/mol. The summed E-state index contributed by atoms with van der Waals surface area (Å²) in [5.74, 6) is 0.777. The maximum atomic E-state index is 4.57. The summed E-state index contributed by atoms with van der Waals surface area (Å²) in [6.07, 6.45) is 10.6. The lowest BCUT2D eigenvalue weighted by Gasteiger charge is -2.12. The molecule has 0 unspecified atom stereocenters. The number of hydrogen-bond acceptors (Lipinski definition) is 3. The number of hydrogen-bond donors (Lipinski definition) is 1. The molecule has 3 rings (SSSR count). The smallest absolute Gasteiger partial charge is 0.160 e. The molecule has 0 aliphatic carbocycles. The highest BCUT2D eigenvalue weighted by Gasteiger charge is 2.14. The number of nitrogens with one attached hydrogen (secondary N) is 1. The van der Waals surface area contributed by atoms with Crippen molar-refractivity contribution in [1.29, 1.82) is 0 Å². The van der Waals surface area contributed by atoms with Crippen molar-refractivity contribution in [1.82, 2.24) is 19.3 Å². The molecule has 0 saturated carbocycles. The first kappa shape index (κ1) is 16.8. The van der Waals surface area contributed by atoms with Crippen LogP contribution in [-0.4, -0.2) is 19.3 Å². The van der Waals surface area contributed by atoms with Crippen molar-refractivity contribution in [2.75, 3.05) is 5.32 Å². The van der Waals surface area contributed by atoms with Crippen LogP contribution in [0.15, 0.2) is 55.5 Å². The summed E-state index contributed by atoms with van der Waals surface area (Å²) < 4.78 is 3.81. The third-order valence-electron chi connectivity index (χ3n) is 4.00. The van der Waals surface area contributed by atoms with Gasteiger partial charge in [-0.2, -0.15) is 5.10 Å². The van der Waals surface area contributed by atoms with Gasteiger partial charge in [-0.1, -0.05) is 31.7 Å². The average molecular weight is 333 g/mol. The number of benzene rings is 1. The molecule has 1 N–H and O–H groups in total. The van der Waals surface area contributed by atoms with Gasteiger partial charge in [0.05, 0.1) is 23.8 Å². The molecule has 0 aliphatic rings. The molecule has 0 amide bonds. The van der Waals surface area contributed by atoms with Crippen LogP contribution in [0.25, 0.3) is 23.2 Å². The predicted molar refractivity (Wildman–Crippen MR) is 104 cm³/mol. The molecule has 0 spiro atoms. The first-order valence-electron chi connectivity index (χ1n) is 8.36. The van der Waals surface area contributed by atoms with E-state index < -0.39 is 0 Å². The van der Waals surface area contributed by atoms with Crippen LogP contribution in [0.5, 0.6) is 0 Å². The lowest BCUT2D eigenvalue weighted by atomic mass is 10.1. The number of aryl methyl sites for hydroxylation is 2. The van der Waals surface area contributed by atoms with Gasteiger partial charge < -0.3 is 5.32 Å². The molecule has 1 aromatic carbocycles. The molecule has 5 nitrogen and oxygen atoms in total. The van der Waals surface area contributed by atoms with Crippen molar-refractivity contribution in [3.05, 3.63) is 66.9 Å². The van der Waals surface area contributed by atoms with Crippen LogP contribution in [-0.2, 0) is 13.5 Å². The Labute approximate surface area is 148 Å². The van der Waals surface area contributed by atoms with E-state index in [1.54, 1.807) is 4.68 Å². The Kier molecular flexibility index (Phi) is 4.84. The van der Waals surface area contributed by atoms with E-state index in [4.69, 9.17) is 0 Å². The molecule has 0 bridgehead atoms. The van der Waals surface area contributed by atoms with Crippen molar-refractivity contribution >= 4 is 17.6 Å². The number of imidazole rings is 1. The fourth-order valence-electron chi connectivity index (χ4n) is 2.75. The van der Waals surface area contributed by atoms with Gasteiger partial charge >= 0.3 is 0 Å². The van der Waals surface area contributed by atoms with E-state index in [-0.39, 0.29) is 0 Å². The Hall–Kier alpha value is -3.08. The second-order valence-electron chi connectivity index (χ2n) is 5.88. The van der Waals surface area contributed by atoms with Gasteiger partial charge in [-0.3, -0.25) is 9.25 Å². The molecule has 0 saturated heterocycles. The molecule has 0 aliphatic heterocycles. The van der Waals surface area contributed by atoms with Gasteiger partial charge in [-0.15, -0.1) is 0 Å². The van der Waals surface area contributed by atoms with Crippen LogP contribution >= 0.6 is 0 Å². The number of nitrogens with zero attached hydrogens (tertiary/aromatic N) is 4. The Bertz CT molecular complexity index is 914. The zero-order chi connectivity index (χ0) is 17.8. The highest BCUT2D eigenvalue weighted by Crippen LogP contribution is 2.25. The average Bonchev–Trinajstić information content (AvgIpc) is 3.21. The first-order valence-corrected chi connectivity index (χ1v) is 8.36. The van der Waals surface area contributed by atoms with E-state index in [1.807, 2.05) is 61.5 Å². The van der Waals surface area contributed by atoms with Gasteiger partial charge in [0.25, 0.3) is 0 Å². The second-order valence-corrected chi connectivity index (χ2v) is 5.88. The van der Waals surface area contributed by atoms with Gasteiger partial charge in [-0.25, -0.2) is 4.98 Å². The Morgan fingerprint density at radius 2 is 2.16 bits per heavy atom. The van der Waals surface area contributed by atoms with Crippen LogP contribution < -0.4 is 5.32 Å². The fraction of sp³-hybridized carbons (Fsp3) is 0.200. The van der Waals surface area contributed by atoms with Gasteiger partial charge in [0, 0.05) is 30.7 Å². The van der Waals surface area contributed by atoms with E-state index in [9.17, 15) is 0 Å². The monoisotopic (exact) mass is 333 g/mol. The largest absolute Gasteiger partial charge is 0.353 e. The van der Waals surface area contributed by atoms with Crippen molar-refractivity contribution in [2.24, 2.45) is 7.05 Å². The molecule has 0 atom stereocenters. The molecule has 0 radical (unpaired) electrons. The Balaban J connectivity index is 1.93. The third kappa shape index (κ3) is 3.55. The molecule has 5 heteroatoms.